The van der Waals surface area contributed by atoms with Gasteiger partial charge in [0.05, 0.1) is 13.7 Å². The van der Waals surface area contributed by atoms with Crippen molar-refractivity contribution in [1.29, 1.82) is 0 Å². The van der Waals surface area contributed by atoms with Gasteiger partial charge in [-0.3, -0.25) is 0 Å². The minimum Gasteiger partial charge on any atom is -0.497 e. The largest absolute Gasteiger partial charge is 0.497 e. The minimum atomic E-state index is -0.946. The van der Waals surface area contributed by atoms with Gasteiger partial charge in [-0.1, -0.05) is 30.3 Å². The molecule has 1 heterocycles. The van der Waals surface area contributed by atoms with Crippen LogP contribution in [0.3, 0.4) is 0 Å². The highest BCUT2D eigenvalue weighted by Gasteiger charge is 2.23. The Bertz CT molecular complexity index is 1150. The summed E-state index contributed by atoms with van der Waals surface area (Å²) in [6, 6.07) is 17.2. The van der Waals surface area contributed by atoms with Crippen molar-refractivity contribution >= 4 is 5.97 Å². The average molecular weight is 464 g/mol. The molecule has 0 atom stereocenters. The van der Waals surface area contributed by atoms with Crippen LogP contribution >= 0.6 is 0 Å². The normalized spacial score (nSPS) is 17.9. The number of aliphatic carboxylic acids is 1. The number of carboxylic acid groups (broad SMARTS) is 1. The smallest absolute Gasteiger partial charge is 0.364 e. The van der Waals surface area contributed by atoms with Crippen molar-refractivity contribution in [2.45, 2.75) is 32.2 Å². The molecule has 2 aromatic carbocycles. The third kappa shape index (κ3) is 5.88. The van der Waals surface area contributed by atoms with E-state index in [1.807, 2.05) is 54.6 Å². The van der Waals surface area contributed by atoms with Crippen LogP contribution in [0.15, 0.2) is 59.4 Å². The van der Waals surface area contributed by atoms with Crippen LogP contribution in [0.4, 0.5) is 0 Å². The SMILES string of the molecule is COc1ccc(-c2nn(CC3CCC(COCC(=O)O)CC3)c(=O)nc2-c2ccccc2)cc1. The van der Waals surface area contributed by atoms with Crippen LogP contribution in [-0.4, -0.2) is 46.2 Å². The van der Waals surface area contributed by atoms with E-state index in [2.05, 4.69) is 4.98 Å². The van der Waals surface area contributed by atoms with Gasteiger partial charge in [-0.05, 0) is 61.8 Å². The van der Waals surface area contributed by atoms with Crippen LogP contribution in [0.1, 0.15) is 25.7 Å². The molecule has 1 aromatic heterocycles. The van der Waals surface area contributed by atoms with E-state index in [9.17, 15) is 9.59 Å². The van der Waals surface area contributed by atoms with E-state index >= 15 is 0 Å². The second-order valence-electron chi connectivity index (χ2n) is 8.66. The number of methoxy groups -OCH3 is 1. The Morgan fingerprint density at radius 1 is 0.971 bits per heavy atom. The highest BCUT2D eigenvalue weighted by Crippen LogP contribution is 2.31. The van der Waals surface area contributed by atoms with Crippen LogP contribution in [0.5, 0.6) is 5.75 Å². The van der Waals surface area contributed by atoms with Gasteiger partial charge in [-0.15, -0.1) is 0 Å². The predicted octanol–water partition coefficient (Wildman–Crippen LogP) is 3.89. The third-order valence-corrected chi connectivity index (χ3v) is 6.26. The minimum absolute atomic E-state index is 0.257. The first-order valence-electron chi connectivity index (χ1n) is 11.5. The maximum absolute atomic E-state index is 12.9. The predicted molar refractivity (Wildman–Crippen MR) is 128 cm³/mol. The summed E-state index contributed by atoms with van der Waals surface area (Å²) >= 11 is 0. The Balaban J connectivity index is 1.54. The monoisotopic (exact) mass is 463 g/mol. The molecule has 1 aliphatic carbocycles. The van der Waals surface area contributed by atoms with Gasteiger partial charge in [0.1, 0.15) is 23.7 Å². The molecule has 0 spiro atoms. The molecular weight excluding hydrogens is 434 g/mol. The maximum atomic E-state index is 12.9. The summed E-state index contributed by atoms with van der Waals surface area (Å²) in [5.41, 5.74) is 2.56. The van der Waals surface area contributed by atoms with Crippen LogP contribution < -0.4 is 10.4 Å². The molecule has 0 radical (unpaired) electrons. The van der Waals surface area contributed by atoms with Crippen LogP contribution in [0.25, 0.3) is 22.5 Å². The lowest BCUT2D eigenvalue weighted by Gasteiger charge is -2.28. The summed E-state index contributed by atoms with van der Waals surface area (Å²) in [5, 5.41) is 13.5. The molecule has 8 heteroatoms. The first kappa shape index (κ1) is 23.6. The van der Waals surface area contributed by atoms with E-state index in [4.69, 9.17) is 19.7 Å². The standard InChI is InChI=1S/C26H29N3O5/c1-33-22-13-11-21(12-14-22)25-24(20-5-3-2-4-6-20)27-26(32)29(28-25)15-18-7-9-19(10-8-18)16-34-17-23(30)31/h2-6,11-14,18-19H,7-10,15-17H2,1H3,(H,30,31). The highest BCUT2D eigenvalue weighted by atomic mass is 16.5. The molecule has 1 fully saturated rings. The number of hydrogen-bond donors (Lipinski definition) is 1. The van der Waals surface area contributed by atoms with Crippen molar-refractivity contribution in [1.82, 2.24) is 14.8 Å². The quantitative estimate of drug-likeness (QED) is 0.513. The molecule has 4 rings (SSSR count). The van der Waals surface area contributed by atoms with Gasteiger partial charge in [0.2, 0.25) is 0 Å². The molecule has 1 N–H and O–H groups in total. The lowest BCUT2D eigenvalue weighted by atomic mass is 9.82. The summed E-state index contributed by atoms with van der Waals surface area (Å²) in [4.78, 5) is 28.0. The first-order valence-corrected chi connectivity index (χ1v) is 11.5. The number of nitrogens with zero attached hydrogens (tertiary/aromatic N) is 3. The molecular formula is C26H29N3O5. The number of rotatable bonds is 9. The Labute approximate surface area is 198 Å². The number of hydrogen-bond acceptors (Lipinski definition) is 6. The van der Waals surface area contributed by atoms with Gasteiger partial charge in [0, 0.05) is 17.7 Å². The van der Waals surface area contributed by atoms with Crippen molar-refractivity contribution in [3.05, 3.63) is 65.1 Å². The summed E-state index contributed by atoms with van der Waals surface area (Å²) in [6.07, 6.45) is 3.76. The fourth-order valence-corrected chi connectivity index (χ4v) is 4.41. The van der Waals surface area contributed by atoms with E-state index in [-0.39, 0.29) is 12.3 Å². The molecule has 1 aliphatic rings. The summed E-state index contributed by atoms with van der Waals surface area (Å²) in [6.45, 7) is 0.714. The topological polar surface area (TPSA) is 104 Å². The zero-order valence-electron chi connectivity index (χ0n) is 19.2. The van der Waals surface area contributed by atoms with Crippen LogP contribution in [0.2, 0.25) is 0 Å². The summed E-state index contributed by atoms with van der Waals surface area (Å²) in [5.74, 6) is 0.469. The number of carbonyl (C=O) groups is 1. The molecule has 34 heavy (non-hydrogen) atoms. The molecule has 0 amide bonds. The lowest BCUT2D eigenvalue weighted by Crippen LogP contribution is -2.31. The van der Waals surface area contributed by atoms with Gasteiger partial charge < -0.3 is 14.6 Å². The van der Waals surface area contributed by atoms with Gasteiger partial charge in [-0.2, -0.15) is 10.1 Å². The Hall–Kier alpha value is -3.52. The van der Waals surface area contributed by atoms with Gasteiger partial charge >= 0.3 is 11.7 Å². The second-order valence-corrected chi connectivity index (χ2v) is 8.66. The van der Waals surface area contributed by atoms with Gasteiger partial charge in [0.15, 0.2) is 0 Å². The van der Waals surface area contributed by atoms with Crippen molar-refractivity contribution in [3.8, 4) is 28.3 Å². The van der Waals surface area contributed by atoms with Crippen molar-refractivity contribution in [2.75, 3.05) is 20.3 Å². The molecule has 178 valence electrons. The first-order chi connectivity index (χ1) is 16.5. The van der Waals surface area contributed by atoms with Crippen LogP contribution in [0, 0.1) is 11.8 Å². The van der Waals surface area contributed by atoms with Gasteiger partial charge in [0.25, 0.3) is 0 Å². The summed E-state index contributed by atoms with van der Waals surface area (Å²) < 4.78 is 12.0. The van der Waals surface area contributed by atoms with Crippen molar-refractivity contribution < 1.29 is 19.4 Å². The Morgan fingerprint density at radius 2 is 1.62 bits per heavy atom. The van der Waals surface area contributed by atoms with Crippen molar-refractivity contribution in [2.24, 2.45) is 11.8 Å². The lowest BCUT2D eigenvalue weighted by molar-refractivity contribution is -0.142. The van der Waals surface area contributed by atoms with E-state index in [0.29, 0.717) is 36.4 Å². The molecule has 0 bridgehead atoms. The van der Waals surface area contributed by atoms with E-state index in [0.717, 1.165) is 42.6 Å². The van der Waals surface area contributed by atoms with Crippen molar-refractivity contribution in [3.63, 3.8) is 0 Å². The maximum Gasteiger partial charge on any atom is 0.364 e. The van der Waals surface area contributed by atoms with E-state index in [1.165, 1.54) is 4.68 Å². The number of carboxylic acids is 1. The fourth-order valence-electron chi connectivity index (χ4n) is 4.41. The fraction of sp³-hybridized carbons (Fsp3) is 0.385. The molecule has 0 unspecified atom stereocenters. The van der Waals surface area contributed by atoms with Gasteiger partial charge in [-0.25, -0.2) is 14.3 Å². The second kappa shape index (κ2) is 11.1. The average Bonchev–Trinajstić information content (AvgIpc) is 2.86. The molecule has 3 aromatic rings. The third-order valence-electron chi connectivity index (χ3n) is 6.26. The van der Waals surface area contributed by atoms with E-state index < -0.39 is 5.97 Å². The van der Waals surface area contributed by atoms with E-state index in [1.54, 1.807) is 7.11 Å². The molecule has 0 saturated heterocycles. The number of ether oxygens (including phenoxy) is 2. The highest BCUT2D eigenvalue weighted by molar-refractivity contribution is 5.77. The number of benzene rings is 2. The zero-order chi connectivity index (χ0) is 23.9. The number of aromatic nitrogens is 3. The molecule has 0 aliphatic heterocycles. The molecule has 1 saturated carbocycles. The zero-order valence-corrected chi connectivity index (χ0v) is 19.2. The Morgan fingerprint density at radius 3 is 2.26 bits per heavy atom. The molecule has 8 nitrogen and oxygen atoms in total. The summed E-state index contributed by atoms with van der Waals surface area (Å²) in [7, 11) is 1.62. The van der Waals surface area contributed by atoms with Crippen LogP contribution in [-0.2, 0) is 16.1 Å². The Kier molecular flexibility index (Phi) is 7.69.